The van der Waals surface area contributed by atoms with Crippen LogP contribution in [0.15, 0.2) is 24.3 Å². The normalized spacial score (nSPS) is 11.2. The molecule has 0 radical (unpaired) electrons. The summed E-state index contributed by atoms with van der Waals surface area (Å²) >= 11 is 0. The van der Waals surface area contributed by atoms with Crippen LogP contribution >= 0.6 is 0 Å². The number of aryl methyl sites for hydroxylation is 1. The molecule has 1 atom stereocenters. The number of ether oxygens (including phenoxy) is 2. The van der Waals surface area contributed by atoms with Gasteiger partial charge in [-0.05, 0) is 26.0 Å². The van der Waals surface area contributed by atoms with E-state index < -0.39 is 0 Å². The topological polar surface area (TPSA) is 35.5 Å². The number of hydrogen-bond donors (Lipinski definition) is 0. The van der Waals surface area contributed by atoms with Gasteiger partial charge in [-0.15, -0.1) is 0 Å². The maximum atomic E-state index is 12.1. The lowest BCUT2D eigenvalue weighted by atomic mass is 10.2. The number of carbonyl (C=O) groups excluding carboxylic acids is 1. The fourth-order valence-electron chi connectivity index (χ4n) is 1.18. The summed E-state index contributed by atoms with van der Waals surface area (Å²) in [5, 5.41) is 0. The van der Waals surface area contributed by atoms with Gasteiger partial charge in [-0.1, -0.05) is 24.6 Å². The van der Waals surface area contributed by atoms with Crippen LogP contribution in [0.2, 0.25) is 0 Å². The molecule has 0 amide bonds. The predicted molar refractivity (Wildman–Crippen MR) is 73.5 cm³/mol. The number of carbonyl (C=O) groups is 1. The highest BCUT2D eigenvalue weighted by molar-refractivity contribution is 5.69. The first-order chi connectivity index (χ1) is 8.99. The van der Waals surface area contributed by atoms with E-state index in [0.29, 0.717) is 13.0 Å². The first-order valence-corrected chi connectivity index (χ1v) is 6.40. The van der Waals surface area contributed by atoms with Crippen molar-refractivity contribution in [2.75, 3.05) is 13.7 Å². The van der Waals surface area contributed by atoms with E-state index in [1.54, 1.807) is 26.2 Å². The molecule has 1 rings (SSSR count). The van der Waals surface area contributed by atoms with E-state index in [0.717, 1.165) is 12.0 Å². The van der Waals surface area contributed by atoms with Gasteiger partial charge in [-0.3, -0.25) is 4.79 Å². The molecule has 0 bridgehead atoms. The van der Waals surface area contributed by atoms with Gasteiger partial charge < -0.3 is 9.47 Å². The number of benzene rings is 1. The van der Waals surface area contributed by atoms with Crippen molar-refractivity contribution in [2.45, 2.75) is 39.7 Å². The van der Waals surface area contributed by atoms with Crippen LogP contribution < -0.4 is 0 Å². The minimum Gasteiger partial charge on any atom is -0.463 e. The van der Waals surface area contributed by atoms with Gasteiger partial charge in [0.05, 0.1) is 0 Å². The molecule has 0 saturated heterocycles. The Hall–Kier alpha value is -1.42. The lowest BCUT2D eigenvalue weighted by molar-refractivity contribution is -0.148. The third kappa shape index (κ3) is 10.2. The van der Waals surface area contributed by atoms with Crippen LogP contribution in [0.1, 0.15) is 32.3 Å². The molecule has 0 spiro atoms. The van der Waals surface area contributed by atoms with E-state index >= 15 is 0 Å². The molecule has 1 unspecified atom stereocenters. The fourth-order valence-corrected chi connectivity index (χ4v) is 1.18. The lowest BCUT2D eigenvalue weighted by Crippen LogP contribution is -2.15. The molecular weight excluding hydrogens is 247 g/mol. The zero-order chi connectivity index (χ0) is 14.7. The Bertz CT molecular complexity index is 328. The van der Waals surface area contributed by atoms with E-state index in [2.05, 4.69) is 0 Å². The van der Waals surface area contributed by atoms with Crippen LogP contribution in [-0.2, 0) is 14.3 Å². The second-order valence-corrected chi connectivity index (χ2v) is 4.23. The average molecular weight is 270 g/mol. The number of esters is 1. The third-order valence-corrected chi connectivity index (χ3v) is 2.36. The van der Waals surface area contributed by atoms with Crippen molar-refractivity contribution in [1.29, 1.82) is 0 Å². The Morgan fingerprint density at radius 2 is 1.89 bits per heavy atom. The summed E-state index contributed by atoms with van der Waals surface area (Å²) in [6.45, 7) is 6.22. The first kappa shape index (κ1) is 17.6. The molecule has 1 aromatic carbocycles. The predicted octanol–water partition coefficient (Wildman–Crippen LogP) is 3.50. The molecule has 0 saturated carbocycles. The molecule has 0 aliphatic carbocycles. The number of halogens is 1. The van der Waals surface area contributed by atoms with Crippen molar-refractivity contribution in [1.82, 2.24) is 0 Å². The van der Waals surface area contributed by atoms with Gasteiger partial charge in [0, 0.05) is 26.6 Å². The molecule has 19 heavy (non-hydrogen) atoms. The molecule has 108 valence electrons. The second-order valence-electron chi connectivity index (χ2n) is 4.23. The summed E-state index contributed by atoms with van der Waals surface area (Å²) in [6, 6.07) is 6.40. The summed E-state index contributed by atoms with van der Waals surface area (Å²) in [7, 11) is 1.63. The Morgan fingerprint density at radius 1 is 1.32 bits per heavy atom. The summed E-state index contributed by atoms with van der Waals surface area (Å²) in [4.78, 5) is 10.7. The molecular formula is C15H23FO3. The fraction of sp³-hybridized carbons (Fsp3) is 0.533. The maximum absolute atomic E-state index is 12.1. The minimum absolute atomic E-state index is 0.0256. The minimum atomic E-state index is -0.171. The Kier molecular flexibility index (Phi) is 9.71. The van der Waals surface area contributed by atoms with Crippen molar-refractivity contribution in [3.05, 3.63) is 35.6 Å². The first-order valence-electron chi connectivity index (χ1n) is 6.40. The van der Waals surface area contributed by atoms with Crippen LogP contribution in [0.4, 0.5) is 4.39 Å². The van der Waals surface area contributed by atoms with Gasteiger partial charge in [0.25, 0.3) is 0 Å². The molecule has 3 nitrogen and oxygen atoms in total. The molecule has 0 heterocycles. The Balaban J connectivity index is 0.000000356. The van der Waals surface area contributed by atoms with Crippen molar-refractivity contribution in [2.24, 2.45) is 0 Å². The van der Waals surface area contributed by atoms with Crippen LogP contribution in [0, 0.1) is 12.7 Å². The lowest BCUT2D eigenvalue weighted by Gasteiger charge is -2.11. The summed E-state index contributed by atoms with van der Waals surface area (Å²) < 4.78 is 21.9. The highest BCUT2D eigenvalue weighted by Crippen LogP contribution is 1.99. The molecule has 1 aromatic rings. The SMILES string of the molecule is CCC(=O)OC(C)CCOC.Cc1ccc(F)cc1. The molecule has 0 aliphatic heterocycles. The monoisotopic (exact) mass is 270 g/mol. The smallest absolute Gasteiger partial charge is 0.305 e. The van der Waals surface area contributed by atoms with Crippen molar-refractivity contribution < 1.29 is 18.7 Å². The quantitative estimate of drug-likeness (QED) is 0.768. The third-order valence-electron chi connectivity index (χ3n) is 2.36. The highest BCUT2D eigenvalue weighted by atomic mass is 19.1. The second kappa shape index (κ2) is 10.5. The van der Waals surface area contributed by atoms with Gasteiger partial charge >= 0.3 is 5.97 Å². The van der Waals surface area contributed by atoms with E-state index in [9.17, 15) is 9.18 Å². The molecule has 0 fully saturated rings. The van der Waals surface area contributed by atoms with E-state index in [-0.39, 0.29) is 17.9 Å². The van der Waals surface area contributed by atoms with E-state index in [4.69, 9.17) is 9.47 Å². The number of hydrogen-bond acceptors (Lipinski definition) is 3. The highest BCUT2D eigenvalue weighted by Gasteiger charge is 2.05. The summed E-state index contributed by atoms with van der Waals surface area (Å²) in [5.74, 6) is -0.316. The summed E-state index contributed by atoms with van der Waals surface area (Å²) in [5.41, 5.74) is 1.09. The molecule has 0 aromatic heterocycles. The molecule has 4 heteroatoms. The van der Waals surface area contributed by atoms with Crippen LogP contribution in [0.25, 0.3) is 0 Å². The van der Waals surface area contributed by atoms with Crippen molar-refractivity contribution in [3.8, 4) is 0 Å². The van der Waals surface area contributed by atoms with E-state index in [1.807, 2.05) is 13.8 Å². The number of rotatable bonds is 5. The maximum Gasteiger partial charge on any atom is 0.305 e. The van der Waals surface area contributed by atoms with Gasteiger partial charge in [0.1, 0.15) is 11.9 Å². The van der Waals surface area contributed by atoms with E-state index in [1.165, 1.54) is 12.1 Å². The Labute approximate surface area is 114 Å². The van der Waals surface area contributed by atoms with Crippen LogP contribution in [0.3, 0.4) is 0 Å². The standard InChI is InChI=1S/C8H16O3.C7H7F/c1-4-8(9)11-7(2)5-6-10-3;1-6-2-4-7(8)5-3-6/h7H,4-6H2,1-3H3;2-5H,1H3. The Morgan fingerprint density at radius 3 is 2.32 bits per heavy atom. The van der Waals surface area contributed by atoms with Gasteiger partial charge in [-0.25, -0.2) is 4.39 Å². The zero-order valence-corrected chi connectivity index (χ0v) is 12.1. The van der Waals surface area contributed by atoms with Gasteiger partial charge in [-0.2, -0.15) is 0 Å². The van der Waals surface area contributed by atoms with Gasteiger partial charge in [0.2, 0.25) is 0 Å². The number of methoxy groups -OCH3 is 1. The zero-order valence-electron chi connectivity index (χ0n) is 12.1. The molecule has 0 N–H and O–H groups in total. The van der Waals surface area contributed by atoms with Crippen LogP contribution in [-0.4, -0.2) is 25.8 Å². The molecule has 0 aliphatic rings. The summed E-state index contributed by atoms with van der Waals surface area (Å²) in [6.07, 6.45) is 1.18. The van der Waals surface area contributed by atoms with Gasteiger partial charge in [0.15, 0.2) is 0 Å². The largest absolute Gasteiger partial charge is 0.463 e. The van der Waals surface area contributed by atoms with Crippen molar-refractivity contribution >= 4 is 5.97 Å². The average Bonchev–Trinajstić information content (AvgIpc) is 2.40. The van der Waals surface area contributed by atoms with Crippen LogP contribution in [0.5, 0.6) is 0 Å². The van der Waals surface area contributed by atoms with Crippen molar-refractivity contribution in [3.63, 3.8) is 0 Å².